The number of hydrogen-bond acceptors (Lipinski definition) is 1. The minimum absolute atomic E-state index is 0.0114. The van der Waals surface area contributed by atoms with E-state index in [2.05, 4.69) is 74.1 Å². The Morgan fingerprint density at radius 3 is 2.71 bits per heavy atom. The fourth-order valence-electron chi connectivity index (χ4n) is 5.43. The lowest BCUT2D eigenvalue weighted by Gasteiger charge is -2.32. The zero-order valence-corrected chi connectivity index (χ0v) is 17.8. The van der Waals surface area contributed by atoms with E-state index in [1.165, 1.54) is 36.6 Å². The monoisotopic (exact) mass is 378 g/mol. The number of aromatic amines is 1. The van der Waals surface area contributed by atoms with Gasteiger partial charge in [0, 0.05) is 34.4 Å². The van der Waals surface area contributed by atoms with Crippen molar-refractivity contribution in [3.8, 4) is 0 Å². The number of hydrogen-bond donors (Lipinski definition) is 1. The number of nitrogens with zero attached hydrogens (tertiary/aromatic N) is 1. The largest absolute Gasteiger partial charge is 0.360 e. The van der Waals surface area contributed by atoms with Gasteiger partial charge in [0.15, 0.2) is 0 Å². The minimum Gasteiger partial charge on any atom is -0.360 e. The first-order valence-electron chi connectivity index (χ1n) is 11.0. The van der Waals surface area contributed by atoms with E-state index in [1.54, 1.807) is 0 Å². The van der Waals surface area contributed by atoms with Crippen molar-refractivity contribution in [2.24, 2.45) is 10.8 Å². The number of likely N-dealkylation sites (tertiary alicyclic amines) is 1. The van der Waals surface area contributed by atoms with Gasteiger partial charge in [0.1, 0.15) is 0 Å². The molecule has 0 unspecified atom stereocenters. The van der Waals surface area contributed by atoms with Crippen LogP contribution in [0.2, 0.25) is 0 Å². The van der Waals surface area contributed by atoms with Crippen molar-refractivity contribution in [3.63, 3.8) is 0 Å². The van der Waals surface area contributed by atoms with E-state index in [4.69, 9.17) is 0 Å². The van der Waals surface area contributed by atoms with Crippen molar-refractivity contribution >= 4 is 22.5 Å². The SMILES string of the molecule is CCCCCC/C=C(/c1c[nH]c2ccccc12)N1C(=O)[C@@]2(C)CC[C@@H]1C2(C)C. The summed E-state index contributed by atoms with van der Waals surface area (Å²) in [5.74, 6) is 0.318. The maximum absolute atomic E-state index is 13.6. The Morgan fingerprint density at radius 1 is 1.21 bits per heavy atom. The highest BCUT2D eigenvalue weighted by Gasteiger charge is 2.66. The lowest BCUT2D eigenvalue weighted by molar-refractivity contribution is -0.136. The van der Waals surface area contributed by atoms with Crippen molar-refractivity contribution in [2.45, 2.75) is 78.7 Å². The number of amides is 1. The van der Waals surface area contributed by atoms with E-state index < -0.39 is 0 Å². The number of aromatic nitrogens is 1. The topological polar surface area (TPSA) is 36.1 Å². The number of nitrogens with one attached hydrogen (secondary N) is 1. The third kappa shape index (κ3) is 2.74. The van der Waals surface area contributed by atoms with Crippen LogP contribution in [0.3, 0.4) is 0 Å². The average molecular weight is 379 g/mol. The Kier molecular flexibility index (Phi) is 4.89. The number of carbonyl (C=O) groups excluding carboxylic acids is 1. The molecule has 2 fully saturated rings. The Labute approximate surface area is 169 Å². The third-order valence-corrected chi connectivity index (χ3v) is 7.70. The van der Waals surface area contributed by atoms with Gasteiger partial charge in [-0.1, -0.05) is 71.2 Å². The van der Waals surface area contributed by atoms with Crippen LogP contribution in [0.1, 0.15) is 78.2 Å². The second kappa shape index (κ2) is 7.09. The first-order chi connectivity index (χ1) is 13.4. The number of para-hydroxylation sites is 1. The first-order valence-corrected chi connectivity index (χ1v) is 11.0. The first kappa shape index (κ1) is 19.3. The lowest BCUT2D eigenvalue weighted by atomic mass is 9.70. The molecule has 1 amide bonds. The standard InChI is InChI=1S/C25H34N2O/c1-5-6-7-8-9-14-21(19-17-26-20-13-11-10-12-18(19)20)27-22-15-16-25(4,23(27)28)24(22,2)3/h10-14,17,22,26H,5-9,15-16H2,1-4H3/b21-14-/t22-,25-/m1/s1. The number of benzene rings is 1. The smallest absolute Gasteiger partial charge is 0.233 e. The van der Waals surface area contributed by atoms with Crippen molar-refractivity contribution in [3.05, 3.63) is 42.1 Å². The predicted molar refractivity (Wildman–Crippen MR) is 117 cm³/mol. The van der Waals surface area contributed by atoms with Crippen LogP contribution in [0.15, 0.2) is 36.5 Å². The Balaban J connectivity index is 1.74. The zero-order chi connectivity index (χ0) is 19.9. The molecule has 1 aliphatic heterocycles. The average Bonchev–Trinajstić information content (AvgIpc) is 3.24. The summed E-state index contributed by atoms with van der Waals surface area (Å²) in [5.41, 5.74) is 3.20. The molecule has 2 aliphatic rings. The van der Waals surface area contributed by atoms with Crippen LogP contribution >= 0.6 is 0 Å². The van der Waals surface area contributed by atoms with E-state index in [0.29, 0.717) is 11.9 Å². The minimum atomic E-state index is -0.245. The summed E-state index contributed by atoms with van der Waals surface area (Å²) in [7, 11) is 0. The number of fused-ring (bicyclic) bond motifs is 3. The molecule has 2 atom stereocenters. The summed E-state index contributed by atoms with van der Waals surface area (Å²) in [5, 5.41) is 1.21. The molecule has 2 bridgehead atoms. The van der Waals surface area contributed by atoms with Crippen molar-refractivity contribution in [1.29, 1.82) is 0 Å². The molecule has 1 aliphatic carbocycles. The van der Waals surface area contributed by atoms with Crippen molar-refractivity contribution < 1.29 is 4.79 Å². The maximum Gasteiger partial charge on any atom is 0.233 e. The fourth-order valence-corrected chi connectivity index (χ4v) is 5.43. The molecule has 0 radical (unpaired) electrons. The summed E-state index contributed by atoms with van der Waals surface area (Å²) in [6, 6.07) is 8.71. The second-order valence-electron chi connectivity index (χ2n) is 9.47. The van der Waals surface area contributed by atoms with Gasteiger partial charge in [0.2, 0.25) is 5.91 Å². The molecule has 2 aromatic rings. The van der Waals surface area contributed by atoms with Crippen LogP contribution in [0.5, 0.6) is 0 Å². The van der Waals surface area contributed by atoms with Crippen LogP contribution in [0.4, 0.5) is 0 Å². The highest BCUT2D eigenvalue weighted by Crippen LogP contribution is 2.62. The van der Waals surface area contributed by atoms with Gasteiger partial charge in [-0.05, 0) is 37.2 Å². The third-order valence-electron chi connectivity index (χ3n) is 7.70. The quantitative estimate of drug-likeness (QED) is 0.547. The van der Waals surface area contributed by atoms with Crippen LogP contribution in [-0.2, 0) is 4.79 Å². The van der Waals surface area contributed by atoms with Crippen LogP contribution in [-0.4, -0.2) is 21.8 Å². The van der Waals surface area contributed by atoms with Crippen LogP contribution in [0, 0.1) is 10.8 Å². The molecule has 4 rings (SSSR count). The molecule has 3 heteroatoms. The molecule has 1 aromatic heterocycles. The number of allylic oxidation sites excluding steroid dienone is 1. The van der Waals surface area contributed by atoms with Gasteiger partial charge >= 0.3 is 0 Å². The number of H-pyrrole nitrogens is 1. The van der Waals surface area contributed by atoms with E-state index in [-0.39, 0.29) is 10.8 Å². The molecule has 1 N–H and O–H groups in total. The molecule has 150 valence electrons. The molecular weight excluding hydrogens is 344 g/mol. The maximum atomic E-state index is 13.6. The zero-order valence-electron chi connectivity index (χ0n) is 17.8. The number of rotatable bonds is 7. The summed E-state index contributed by atoms with van der Waals surface area (Å²) in [4.78, 5) is 19.2. The summed E-state index contributed by atoms with van der Waals surface area (Å²) < 4.78 is 0. The Morgan fingerprint density at radius 2 is 2.00 bits per heavy atom. The van der Waals surface area contributed by atoms with Gasteiger partial charge in [-0.25, -0.2) is 0 Å². The van der Waals surface area contributed by atoms with E-state index in [9.17, 15) is 4.79 Å². The summed E-state index contributed by atoms with van der Waals surface area (Å²) in [6.07, 6.45) is 12.6. The molecule has 1 aromatic carbocycles. The molecular formula is C25H34N2O. The molecule has 2 heterocycles. The normalized spacial score (nSPS) is 26.6. The number of carbonyl (C=O) groups is 1. The van der Waals surface area contributed by atoms with Gasteiger partial charge < -0.3 is 9.88 Å². The predicted octanol–water partition coefficient (Wildman–Crippen LogP) is 6.52. The van der Waals surface area contributed by atoms with E-state index in [1.807, 2.05) is 0 Å². The van der Waals surface area contributed by atoms with Crippen molar-refractivity contribution in [1.82, 2.24) is 9.88 Å². The molecule has 28 heavy (non-hydrogen) atoms. The van der Waals surface area contributed by atoms with Crippen LogP contribution in [0.25, 0.3) is 16.6 Å². The van der Waals surface area contributed by atoms with Crippen LogP contribution < -0.4 is 0 Å². The summed E-state index contributed by atoms with van der Waals surface area (Å²) in [6.45, 7) is 9.01. The van der Waals surface area contributed by atoms with Crippen molar-refractivity contribution in [2.75, 3.05) is 0 Å². The van der Waals surface area contributed by atoms with E-state index >= 15 is 0 Å². The number of unbranched alkanes of at least 4 members (excludes halogenated alkanes) is 4. The fraction of sp³-hybridized carbons (Fsp3) is 0.560. The van der Waals surface area contributed by atoms with Gasteiger partial charge in [-0.2, -0.15) is 0 Å². The molecule has 0 spiro atoms. The lowest BCUT2D eigenvalue weighted by Crippen LogP contribution is -2.38. The van der Waals surface area contributed by atoms with Gasteiger partial charge in [0.05, 0.1) is 5.41 Å². The second-order valence-corrected chi connectivity index (χ2v) is 9.47. The Hall–Kier alpha value is -2.03. The summed E-state index contributed by atoms with van der Waals surface area (Å²) >= 11 is 0. The molecule has 1 saturated heterocycles. The molecule has 3 nitrogen and oxygen atoms in total. The highest BCUT2D eigenvalue weighted by molar-refractivity contribution is 6.00. The molecule has 1 saturated carbocycles. The number of piperidine rings is 1. The van der Waals surface area contributed by atoms with Gasteiger partial charge in [-0.15, -0.1) is 0 Å². The Bertz CT molecular complexity index is 906. The van der Waals surface area contributed by atoms with Gasteiger partial charge in [0.25, 0.3) is 0 Å². The van der Waals surface area contributed by atoms with E-state index in [0.717, 1.165) is 30.5 Å². The highest BCUT2D eigenvalue weighted by atomic mass is 16.2. The van der Waals surface area contributed by atoms with Gasteiger partial charge in [-0.3, -0.25) is 4.79 Å².